The van der Waals surface area contributed by atoms with Crippen molar-refractivity contribution in [3.63, 3.8) is 0 Å². The number of aryl methyl sites for hydroxylation is 1. The minimum Gasteiger partial charge on any atom is -0.489 e. The van der Waals surface area contributed by atoms with E-state index in [0.29, 0.717) is 29.3 Å². The number of primary amides is 2. The van der Waals surface area contributed by atoms with Gasteiger partial charge in [0.25, 0.3) is 0 Å². The van der Waals surface area contributed by atoms with Gasteiger partial charge in [0.2, 0.25) is 23.6 Å². The van der Waals surface area contributed by atoms with E-state index in [1.54, 1.807) is 56.4 Å². The topological polar surface area (TPSA) is 183 Å². The highest BCUT2D eigenvalue weighted by Crippen LogP contribution is 2.33. The Bertz CT molecular complexity index is 1290. The van der Waals surface area contributed by atoms with Crippen molar-refractivity contribution in [3.8, 4) is 11.5 Å². The number of amides is 4. The summed E-state index contributed by atoms with van der Waals surface area (Å²) in [5.74, 6) is 0.128. The zero-order valence-corrected chi connectivity index (χ0v) is 23.4. The first-order valence-corrected chi connectivity index (χ1v) is 12.3. The normalized spacial score (nSPS) is 18.1. The van der Waals surface area contributed by atoms with Crippen molar-refractivity contribution in [3.05, 3.63) is 53.6 Å². The summed E-state index contributed by atoms with van der Waals surface area (Å²) < 4.78 is 11.1. The number of ether oxygens (including phenoxy) is 2. The van der Waals surface area contributed by atoms with Crippen molar-refractivity contribution >= 4 is 53.5 Å². The van der Waals surface area contributed by atoms with Gasteiger partial charge in [0, 0.05) is 26.6 Å². The molecule has 12 nitrogen and oxygen atoms in total. The molecule has 0 saturated carbocycles. The lowest BCUT2D eigenvalue weighted by Gasteiger charge is -2.19. The molecule has 13 heteroatoms. The van der Waals surface area contributed by atoms with Crippen molar-refractivity contribution in [2.24, 2.45) is 17.2 Å². The van der Waals surface area contributed by atoms with Gasteiger partial charge < -0.3 is 41.8 Å². The molecule has 2 atom stereocenters. The van der Waals surface area contributed by atoms with Crippen LogP contribution in [-0.4, -0.2) is 70.1 Å². The standard InChI is InChI=1S/C14H17N3O3.C13H17N3O3.ClH/c1-16-10-8-20-12-5-3-9(4-6-13(15)18)7-11(12)17(2)14(10)19;1-16-10-6-8(3-5-12(15)17)2-4-11(10)19-7-9(14)13(16)18;/h3-7,10,16H,8H2,1-2H3,(H2,15,18);2,4,6,9H,3,5,7,14H2,1H3,(H2,15,17);1H/b6-4+;;/t10-;9-;/m00./s1. The smallest absolute Gasteiger partial charge is 0.247 e. The fourth-order valence-corrected chi connectivity index (χ4v) is 3.99. The van der Waals surface area contributed by atoms with Gasteiger partial charge in [-0.2, -0.15) is 0 Å². The molecule has 0 fully saturated rings. The molecule has 2 aliphatic heterocycles. The van der Waals surface area contributed by atoms with Crippen LogP contribution in [0.3, 0.4) is 0 Å². The van der Waals surface area contributed by atoms with Gasteiger partial charge in [-0.1, -0.05) is 12.1 Å². The molecule has 7 N–H and O–H groups in total. The third-order valence-corrected chi connectivity index (χ3v) is 6.28. The molecular weight excluding hydrogens is 540 g/mol. The molecule has 0 aromatic heterocycles. The molecule has 0 spiro atoms. The lowest BCUT2D eigenvalue weighted by molar-refractivity contribution is -0.121. The van der Waals surface area contributed by atoms with E-state index < -0.39 is 11.9 Å². The van der Waals surface area contributed by atoms with Gasteiger partial charge in [-0.25, -0.2) is 0 Å². The molecule has 216 valence electrons. The predicted molar refractivity (Wildman–Crippen MR) is 155 cm³/mol. The summed E-state index contributed by atoms with van der Waals surface area (Å²) in [4.78, 5) is 48.7. The summed E-state index contributed by atoms with van der Waals surface area (Å²) in [6.45, 7) is 0.444. The molecule has 40 heavy (non-hydrogen) atoms. The van der Waals surface area contributed by atoms with Crippen molar-refractivity contribution in [1.29, 1.82) is 0 Å². The lowest BCUT2D eigenvalue weighted by atomic mass is 10.1. The highest BCUT2D eigenvalue weighted by Gasteiger charge is 2.28. The fraction of sp³-hybridized carbons (Fsp3) is 0.333. The minimum atomic E-state index is -0.661. The number of carbonyl (C=O) groups is 4. The number of nitrogens with zero attached hydrogens (tertiary/aromatic N) is 2. The van der Waals surface area contributed by atoms with Crippen LogP contribution < -0.4 is 41.8 Å². The van der Waals surface area contributed by atoms with Crippen LogP contribution in [0, 0.1) is 0 Å². The molecule has 0 radical (unpaired) electrons. The van der Waals surface area contributed by atoms with E-state index in [-0.39, 0.29) is 55.8 Å². The molecule has 4 rings (SSSR count). The highest BCUT2D eigenvalue weighted by atomic mass is 35.5. The molecule has 0 aliphatic carbocycles. The molecule has 0 bridgehead atoms. The largest absolute Gasteiger partial charge is 0.489 e. The van der Waals surface area contributed by atoms with Gasteiger partial charge in [-0.05, 0) is 54.9 Å². The summed E-state index contributed by atoms with van der Waals surface area (Å²) >= 11 is 0. The second kappa shape index (κ2) is 14.3. The minimum absolute atomic E-state index is 0. The Hall–Kier alpha value is -4.13. The van der Waals surface area contributed by atoms with E-state index in [9.17, 15) is 19.2 Å². The first kappa shape index (κ1) is 32.1. The van der Waals surface area contributed by atoms with Gasteiger partial charge in [0.1, 0.15) is 36.8 Å². The van der Waals surface area contributed by atoms with Crippen molar-refractivity contribution in [2.75, 3.05) is 44.2 Å². The van der Waals surface area contributed by atoms with E-state index in [4.69, 9.17) is 26.7 Å². The summed E-state index contributed by atoms with van der Waals surface area (Å²) in [6, 6.07) is 9.79. The van der Waals surface area contributed by atoms with Crippen molar-refractivity contribution in [1.82, 2.24) is 5.32 Å². The predicted octanol–water partition coefficient (Wildman–Crippen LogP) is 0.337. The Balaban J connectivity index is 0.000000274. The summed E-state index contributed by atoms with van der Waals surface area (Å²) in [6.07, 6.45) is 3.69. The molecule has 0 saturated heterocycles. The number of nitrogens with two attached hydrogens (primary N) is 3. The maximum Gasteiger partial charge on any atom is 0.247 e. The Kier molecular flexibility index (Phi) is 11.5. The van der Waals surface area contributed by atoms with Gasteiger partial charge in [0.15, 0.2) is 0 Å². The number of nitrogens with one attached hydrogen (secondary N) is 1. The van der Waals surface area contributed by atoms with E-state index in [0.717, 1.165) is 11.1 Å². The molecule has 2 aliphatic rings. The summed E-state index contributed by atoms with van der Waals surface area (Å²) in [7, 11) is 5.08. The van der Waals surface area contributed by atoms with Crippen molar-refractivity contribution in [2.45, 2.75) is 24.9 Å². The molecule has 0 unspecified atom stereocenters. The number of anilines is 2. The third-order valence-electron chi connectivity index (χ3n) is 6.28. The SMILES string of the molecule is CN1C(=O)[C@@H](N)COc2ccc(CCC(N)=O)cc21.CN[C@H]1COc2ccc(/C=C/C(N)=O)cc2N(C)C1=O.Cl. The first-order valence-electron chi connectivity index (χ1n) is 12.3. The monoisotopic (exact) mass is 574 g/mol. The molecular formula is C27H35ClN6O6. The van der Waals surface area contributed by atoms with Crippen LogP contribution in [0.4, 0.5) is 11.4 Å². The van der Waals surface area contributed by atoms with Crippen LogP contribution >= 0.6 is 12.4 Å². The van der Waals surface area contributed by atoms with Gasteiger partial charge >= 0.3 is 0 Å². The average Bonchev–Trinajstić information content (AvgIpc) is 3.11. The number of hydrogen-bond donors (Lipinski definition) is 4. The molecule has 2 heterocycles. The zero-order chi connectivity index (χ0) is 28.7. The van der Waals surface area contributed by atoms with Crippen LogP contribution in [0.25, 0.3) is 6.08 Å². The Morgan fingerprint density at radius 2 is 1.57 bits per heavy atom. The van der Waals surface area contributed by atoms with Crippen LogP contribution in [-0.2, 0) is 25.6 Å². The van der Waals surface area contributed by atoms with Crippen LogP contribution in [0.15, 0.2) is 42.5 Å². The van der Waals surface area contributed by atoms with Crippen molar-refractivity contribution < 1.29 is 28.7 Å². The maximum atomic E-state index is 12.2. The second-order valence-electron chi connectivity index (χ2n) is 9.10. The quantitative estimate of drug-likeness (QED) is 0.356. The van der Waals surface area contributed by atoms with Crippen LogP contribution in [0.2, 0.25) is 0 Å². The average molecular weight is 575 g/mol. The number of hydrogen-bond acceptors (Lipinski definition) is 8. The maximum absolute atomic E-state index is 12.2. The molecule has 4 amide bonds. The number of benzene rings is 2. The lowest BCUT2D eigenvalue weighted by Crippen LogP contribution is -2.45. The molecule has 2 aromatic carbocycles. The van der Waals surface area contributed by atoms with E-state index in [2.05, 4.69) is 5.32 Å². The second-order valence-corrected chi connectivity index (χ2v) is 9.10. The number of carbonyl (C=O) groups excluding carboxylic acids is 4. The Morgan fingerprint density at radius 3 is 2.20 bits per heavy atom. The number of fused-ring (bicyclic) bond motifs is 2. The first-order chi connectivity index (χ1) is 18.5. The highest BCUT2D eigenvalue weighted by molar-refractivity contribution is 6.00. The summed E-state index contributed by atoms with van der Waals surface area (Å²) in [5, 5.41) is 2.92. The number of likely N-dealkylation sites (N-methyl/N-ethyl adjacent to an activating group) is 3. The van der Waals surface area contributed by atoms with E-state index in [1.165, 1.54) is 11.0 Å². The van der Waals surface area contributed by atoms with E-state index >= 15 is 0 Å². The molecule has 2 aromatic rings. The zero-order valence-electron chi connectivity index (χ0n) is 22.6. The third kappa shape index (κ3) is 7.94. The van der Waals surface area contributed by atoms with Gasteiger partial charge in [-0.3, -0.25) is 19.2 Å². The van der Waals surface area contributed by atoms with Crippen LogP contribution in [0.1, 0.15) is 17.5 Å². The number of rotatable bonds is 6. The Labute approximate surface area is 238 Å². The van der Waals surface area contributed by atoms with Gasteiger partial charge in [-0.15, -0.1) is 12.4 Å². The fourth-order valence-electron chi connectivity index (χ4n) is 3.99. The summed E-state index contributed by atoms with van der Waals surface area (Å²) in [5.41, 5.74) is 18.9. The number of halogens is 1. The Morgan fingerprint density at radius 1 is 0.975 bits per heavy atom. The van der Waals surface area contributed by atoms with E-state index in [1.807, 2.05) is 12.1 Å². The van der Waals surface area contributed by atoms with Crippen LogP contribution in [0.5, 0.6) is 11.5 Å². The van der Waals surface area contributed by atoms with Gasteiger partial charge in [0.05, 0.1) is 11.4 Å².